The Hall–Kier alpha value is -1.82. The highest BCUT2D eigenvalue weighted by Crippen LogP contribution is 2.07. The molecule has 1 aromatic heterocycles. The van der Waals surface area contributed by atoms with Crippen LogP contribution < -0.4 is 4.83 Å². The Kier molecular flexibility index (Phi) is 2.42. The van der Waals surface area contributed by atoms with Gasteiger partial charge in [0.1, 0.15) is 6.33 Å². The van der Waals surface area contributed by atoms with Gasteiger partial charge in [-0.1, -0.05) is 18.2 Å². The van der Waals surface area contributed by atoms with Crippen LogP contribution in [-0.4, -0.2) is 18.1 Å². The van der Waals surface area contributed by atoms with E-state index in [1.165, 1.54) is 35.5 Å². The molecular formula is C9H9N3O2S. The van der Waals surface area contributed by atoms with Crippen LogP contribution in [0.15, 0.2) is 53.9 Å². The fraction of sp³-hybridized carbons (Fsp3) is 0. The number of nitrogens with zero attached hydrogens (tertiary/aromatic N) is 2. The standard InChI is InChI=1S/C9H9N3O2S/c13-15(14,9-4-2-1-3-5-9)11-12-7-6-10-8-12/h1-8,11H. The number of aromatic nitrogens is 2. The second-order valence-electron chi connectivity index (χ2n) is 2.88. The maximum absolute atomic E-state index is 11.7. The van der Waals surface area contributed by atoms with Crippen LogP contribution in [0, 0.1) is 0 Å². The lowest BCUT2D eigenvalue weighted by atomic mass is 10.4. The van der Waals surface area contributed by atoms with Gasteiger partial charge >= 0.3 is 0 Å². The quantitative estimate of drug-likeness (QED) is 0.837. The summed E-state index contributed by atoms with van der Waals surface area (Å²) in [5.41, 5.74) is 0. The molecule has 0 unspecified atom stereocenters. The molecule has 5 nitrogen and oxygen atoms in total. The smallest absolute Gasteiger partial charge is 0.243 e. The van der Waals surface area contributed by atoms with Crippen LogP contribution in [0.4, 0.5) is 0 Å². The van der Waals surface area contributed by atoms with Crippen molar-refractivity contribution in [3.8, 4) is 0 Å². The van der Waals surface area contributed by atoms with Crippen molar-refractivity contribution < 1.29 is 8.42 Å². The molecule has 0 aliphatic heterocycles. The molecule has 0 spiro atoms. The van der Waals surface area contributed by atoms with Gasteiger partial charge in [0, 0.05) is 12.4 Å². The van der Waals surface area contributed by atoms with Crippen molar-refractivity contribution in [2.24, 2.45) is 0 Å². The lowest BCUT2D eigenvalue weighted by molar-refractivity contribution is 0.595. The van der Waals surface area contributed by atoms with E-state index >= 15 is 0 Å². The van der Waals surface area contributed by atoms with Gasteiger partial charge in [-0.3, -0.25) is 0 Å². The molecule has 2 aromatic rings. The van der Waals surface area contributed by atoms with Crippen LogP contribution in [0.5, 0.6) is 0 Å². The molecule has 0 aliphatic carbocycles. The summed E-state index contributed by atoms with van der Waals surface area (Å²) in [6.07, 6.45) is 4.38. The van der Waals surface area contributed by atoms with Crippen LogP contribution >= 0.6 is 0 Å². The molecule has 1 aromatic carbocycles. The molecule has 2 rings (SSSR count). The summed E-state index contributed by atoms with van der Waals surface area (Å²) < 4.78 is 24.8. The minimum absolute atomic E-state index is 0.221. The van der Waals surface area contributed by atoms with Crippen molar-refractivity contribution in [3.05, 3.63) is 49.1 Å². The van der Waals surface area contributed by atoms with Crippen LogP contribution in [0.25, 0.3) is 0 Å². The number of benzene rings is 1. The molecule has 6 heteroatoms. The number of nitrogens with one attached hydrogen (secondary N) is 1. The van der Waals surface area contributed by atoms with E-state index in [0.717, 1.165) is 0 Å². The van der Waals surface area contributed by atoms with Crippen LogP contribution in [-0.2, 0) is 10.0 Å². The highest BCUT2D eigenvalue weighted by atomic mass is 32.2. The second-order valence-corrected chi connectivity index (χ2v) is 4.54. The van der Waals surface area contributed by atoms with E-state index in [9.17, 15) is 8.42 Å². The van der Waals surface area contributed by atoms with E-state index in [4.69, 9.17) is 0 Å². The van der Waals surface area contributed by atoms with Gasteiger partial charge in [0.2, 0.25) is 0 Å². The molecule has 0 atom stereocenters. The summed E-state index contributed by atoms with van der Waals surface area (Å²) in [4.78, 5) is 6.30. The van der Waals surface area contributed by atoms with Gasteiger partial charge in [-0.25, -0.2) is 14.5 Å². The van der Waals surface area contributed by atoms with Crippen LogP contribution in [0.3, 0.4) is 0 Å². The first-order valence-corrected chi connectivity index (χ1v) is 5.73. The van der Waals surface area contributed by atoms with Gasteiger partial charge in [-0.15, -0.1) is 0 Å². The van der Waals surface area contributed by atoms with E-state index in [0.29, 0.717) is 0 Å². The summed E-state index contributed by atoms with van der Waals surface area (Å²) in [5.74, 6) is 0. The van der Waals surface area contributed by atoms with Crippen molar-refractivity contribution in [1.82, 2.24) is 9.66 Å². The third-order valence-corrected chi connectivity index (χ3v) is 3.13. The zero-order valence-corrected chi connectivity index (χ0v) is 8.55. The number of rotatable bonds is 3. The first kappa shape index (κ1) is 9.72. The minimum Gasteiger partial charge on any atom is -0.243 e. The average Bonchev–Trinajstić information content (AvgIpc) is 2.71. The van der Waals surface area contributed by atoms with E-state index in [-0.39, 0.29) is 4.90 Å². The van der Waals surface area contributed by atoms with Crippen LogP contribution in [0.1, 0.15) is 0 Å². The zero-order valence-electron chi connectivity index (χ0n) is 7.74. The Morgan fingerprint density at radius 3 is 2.53 bits per heavy atom. The van der Waals surface area contributed by atoms with Gasteiger partial charge < -0.3 is 0 Å². The molecule has 0 saturated heterocycles. The van der Waals surface area contributed by atoms with E-state index in [1.54, 1.807) is 18.2 Å². The highest BCUT2D eigenvalue weighted by Gasteiger charge is 2.12. The largest absolute Gasteiger partial charge is 0.275 e. The van der Waals surface area contributed by atoms with Crippen molar-refractivity contribution in [2.75, 3.05) is 4.83 Å². The summed E-state index contributed by atoms with van der Waals surface area (Å²) in [5, 5.41) is 0. The van der Waals surface area contributed by atoms with Gasteiger partial charge in [-0.05, 0) is 12.1 Å². The van der Waals surface area contributed by atoms with Gasteiger partial charge in [0.15, 0.2) is 0 Å². The maximum atomic E-state index is 11.7. The monoisotopic (exact) mass is 223 g/mol. The van der Waals surface area contributed by atoms with Crippen molar-refractivity contribution in [3.63, 3.8) is 0 Å². The Labute approximate surface area is 87.4 Å². The number of imidazole rings is 1. The Balaban J connectivity index is 2.29. The molecule has 78 valence electrons. The predicted octanol–water partition coefficient (Wildman–Crippen LogP) is 0.815. The lowest BCUT2D eigenvalue weighted by Gasteiger charge is -2.07. The fourth-order valence-corrected chi connectivity index (χ4v) is 2.11. The van der Waals surface area contributed by atoms with E-state index in [2.05, 4.69) is 9.82 Å². The maximum Gasteiger partial charge on any atom is 0.275 e. The van der Waals surface area contributed by atoms with Gasteiger partial charge in [0.25, 0.3) is 10.0 Å². The van der Waals surface area contributed by atoms with E-state index in [1.807, 2.05) is 0 Å². The van der Waals surface area contributed by atoms with Crippen molar-refractivity contribution >= 4 is 10.0 Å². The van der Waals surface area contributed by atoms with Crippen molar-refractivity contribution in [2.45, 2.75) is 4.90 Å². The SMILES string of the molecule is O=S(=O)(Nn1ccnc1)c1ccccc1. The van der Waals surface area contributed by atoms with E-state index < -0.39 is 10.0 Å². The molecular weight excluding hydrogens is 214 g/mol. The average molecular weight is 223 g/mol. The summed E-state index contributed by atoms with van der Waals surface area (Å²) in [6.45, 7) is 0. The Morgan fingerprint density at radius 1 is 1.20 bits per heavy atom. The molecule has 0 bridgehead atoms. The third-order valence-electron chi connectivity index (χ3n) is 1.78. The molecule has 0 fully saturated rings. The van der Waals surface area contributed by atoms with Crippen LogP contribution in [0.2, 0.25) is 0 Å². The molecule has 0 radical (unpaired) electrons. The highest BCUT2D eigenvalue weighted by molar-refractivity contribution is 7.92. The topological polar surface area (TPSA) is 64.0 Å². The first-order chi connectivity index (χ1) is 7.18. The lowest BCUT2D eigenvalue weighted by Crippen LogP contribution is -2.21. The first-order valence-electron chi connectivity index (χ1n) is 4.24. The number of hydrogen-bond donors (Lipinski definition) is 1. The minimum atomic E-state index is -3.51. The molecule has 1 heterocycles. The molecule has 0 saturated carbocycles. The summed E-state index contributed by atoms with van der Waals surface area (Å²) in [7, 11) is -3.51. The fourth-order valence-electron chi connectivity index (χ4n) is 1.10. The van der Waals surface area contributed by atoms with Gasteiger partial charge in [-0.2, -0.15) is 8.42 Å². The summed E-state index contributed by atoms with van der Waals surface area (Å²) >= 11 is 0. The van der Waals surface area contributed by atoms with Crippen molar-refractivity contribution in [1.29, 1.82) is 0 Å². The Bertz CT molecular complexity index is 520. The molecule has 1 N–H and O–H groups in total. The third kappa shape index (κ3) is 2.16. The number of hydrogen-bond acceptors (Lipinski definition) is 3. The molecule has 15 heavy (non-hydrogen) atoms. The number of sulfonamides is 1. The Morgan fingerprint density at radius 2 is 1.93 bits per heavy atom. The summed E-state index contributed by atoms with van der Waals surface area (Å²) in [6, 6.07) is 8.15. The molecule has 0 aliphatic rings. The van der Waals surface area contributed by atoms with Gasteiger partial charge in [0.05, 0.1) is 4.90 Å². The zero-order chi connectivity index (χ0) is 10.7. The molecule has 0 amide bonds. The second kappa shape index (κ2) is 3.74. The predicted molar refractivity (Wildman–Crippen MR) is 55.2 cm³/mol. The normalized spacial score (nSPS) is 11.2.